The number of hydrogen-bond donors (Lipinski definition) is 1. The second-order valence-corrected chi connectivity index (χ2v) is 5.15. The molecule has 0 aliphatic rings. The van der Waals surface area contributed by atoms with E-state index < -0.39 is 0 Å². The molecule has 0 bridgehead atoms. The minimum absolute atomic E-state index is 0.273. The molecule has 1 aromatic heterocycles. The van der Waals surface area contributed by atoms with Crippen LogP contribution >= 0.6 is 15.9 Å². The molecular formula is C15H17BrN2O3. The van der Waals surface area contributed by atoms with E-state index in [1.165, 1.54) is 0 Å². The first-order chi connectivity index (χ1) is 10.2. The van der Waals surface area contributed by atoms with Crippen LogP contribution in [-0.4, -0.2) is 19.2 Å². The quantitative estimate of drug-likeness (QED) is 0.865. The molecule has 0 saturated carbocycles. The van der Waals surface area contributed by atoms with E-state index in [0.29, 0.717) is 23.7 Å². The van der Waals surface area contributed by atoms with E-state index in [0.717, 1.165) is 15.8 Å². The third-order valence-corrected chi connectivity index (χ3v) is 3.47. The maximum Gasteiger partial charge on any atom is 0.185 e. The standard InChI is InChI=1S/C15H17BrN2O3/c1-19-14-5-6-18-12(15(14)20-2)9-21-13-4-3-11(16)7-10(13)8-17/h3-7H,8-9,17H2,1-2H3. The summed E-state index contributed by atoms with van der Waals surface area (Å²) in [4.78, 5) is 4.28. The van der Waals surface area contributed by atoms with Gasteiger partial charge in [-0.3, -0.25) is 4.98 Å². The Morgan fingerprint density at radius 2 is 1.95 bits per heavy atom. The smallest absolute Gasteiger partial charge is 0.185 e. The van der Waals surface area contributed by atoms with Gasteiger partial charge in [-0.1, -0.05) is 15.9 Å². The van der Waals surface area contributed by atoms with Gasteiger partial charge < -0.3 is 19.9 Å². The molecule has 0 atom stereocenters. The Morgan fingerprint density at radius 3 is 2.62 bits per heavy atom. The molecule has 2 N–H and O–H groups in total. The molecule has 0 fully saturated rings. The molecule has 21 heavy (non-hydrogen) atoms. The highest BCUT2D eigenvalue weighted by Crippen LogP contribution is 2.30. The van der Waals surface area contributed by atoms with Gasteiger partial charge in [0.2, 0.25) is 0 Å². The van der Waals surface area contributed by atoms with Crippen LogP contribution in [-0.2, 0) is 13.2 Å². The molecule has 1 heterocycles. The van der Waals surface area contributed by atoms with Crippen molar-refractivity contribution in [3.05, 3.63) is 46.2 Å². The lowest BCUT2D eigenvalue weighted by Gasteiger charge is -2.14. The van der Waals surface area contributed by atoms with Gasteiger partial charge in [-0.25, -0.2) is 0 Å². The first-order valence-electron chi connectivity index (χ1n) is 6.36. The number of halogens is 1. The minimum Gasteiger partial charge on any atom is -0.493 e. The lowest BCUT2D eigenvalue weighted by Crippen LogP contribution is -2.06. The zero-order valence-electron chi connectivity index (χ0n) is 11.9. The Bertz CT molecular complexity index is 620. The Morgan fingerprint density at radius 1 is 1.14 bits per heavy atom. The summed E-state index contributed by atoms with van der Waals surface area (Å²) in [6, 6.07) is 7.46. The van der Waals surface area contributed by atoms with E-state index in [1.807, 2.05) is 18.2 Å². The monoisotopic (exact) mass is 352 g/mol. The Balaban J connectivity index is 2.20. The van der Waals surface area contributed by atoms with Crippen molar-refractivity contribution in [3.63, 3.8) is 0 Å². The molecule has 1 aromatic carbocycles. The number of nitrogens with two attached hydrogens (primary N) is 1. The van der Waals surface area contributed by atoms with Gasteiger partial charge in [-0.15, -0.1) is 0 Å². The van der Waals surface area contributed by atoms with Crippen LogP contribution in [0, 0.1) is 0 Å². The van der Waals surface area contributed by atoms with Gasteiger partial charge in [0, 0.05) is 28.8 Å². The Labute approximate surface area is 132 Å². The van der Waals surface area contributed by atoms with Crippen molar-refractivity contribution >= 4 is 15.9 Å². The number of nitrogens with zero attached hydrogens (tertiary/aromatic N) is 1. The molecule has 0 unspecified atom stereocenters. The van der Waals surface area contributed by atoms with E-state index in [2.05, 4.69) is 20.9 Å². The van der Waals surface area contributed by atoms with Gasteiger partial charge in [0.25, 0.3) is 0 Å². The van der Waals surface area contributed by atoms with Crippen molar-refractivity contribution in [3.8, 4) is 17.2 Å². The van der Waals surface area contributed by atoms with Crippen molar-refractivity contribution in [2.45, 2.75) is 13.2 Å². The molecule has 112 valence electrons. The summed E-state index contributed by atoms with van der Waals surface area (Å²) < 4.78 is 17.4. The largest absolute Gasteiger partial charge is 0.493 e. The lowest BCUT2D eigenvalue weighted by atomic mass is 10.2. The van der Waals surface area contributed by atoms with E-state index in [4.69, 9.17) is 19.9 Å². The Hall–Kier alpha value is -1.79. The fourth-order valence-electron chi connectivity index (χ4n) is 1.95. The summed E-state index contributed by atoms with van der Waals surface area (Å²) in [5, 5.41) is 0. The molecule has 0 radical (unpaired) electrons. The highest BCUT2D eigenvalue weighted by Gasteiger charge is 2.12. The van der Waals surface area contributed by atoms with Gasteiger partial charge in [0.05, 0.1) is 14.2 Å². The first-order valence-corrected chi connectivity index (χ1v) is 7.16. The summed E-state index contributed by atoms with van der Waals surface area (Å²) in [6.07, 6.45) is 1.66. The molecule has 0 amide bonds. The normalized spacial score (nSPS) is 10.3. The third kappa shape index (κ3) is 3.65. The number of methoxy groups -OCH3 is 2. The summed E-state index contributed by atoms with van der Waals surface area (Å²) in [6.45, 7) is 0.673. The molecular weight excluding hydrogens is 336 g/mol. The van der Waals surface area contributed by atoms with Crippen LogP contribution in [0.15, 0.2) is 34.9 Å². The molecule has 0 saturated heterocycles. The fraction of sp³-hybridized carbons (Fsp3) is 0.267. The molecule has 0 spiro atoms. The number of hydrogen-bond acceptors (Lipinski definition) is 5. The summed E-state index contributed by atoms with van der Waals surface area (Å²) in [5.41, 5.74) is 7.32. The topological polar surface area (TPSA) is 66.6 Å². The predicted octanol–water partition coefficient (Wildman–Crippen LogP) is 2.90. The molecule has 5 nitrogen and oxygen atoms in total. The predicted molar refractivity (Wildman–Crippen MR) is 83.7 cm³/mol. The lowest BCUT2D eigenvalue weighted by molar-refractivity contribution is 0.282. The zero-order chi connectivity index (χ0) is 15.2. The van der Waals surface area contributed by atoms with Gasteiger partial charge in [0.1, 0.15) is 18.1 Å². The van der Waals surface area contributed by atoms with Crippen molar-refractivity contribution in [2.24, 2.45) is 5.73 Å². The van der Waals surface area contributed by atoms with E-state index >= 15 is 0 Å². The van der Waals surface area contributed by atoms with Crippen molar-refractivity contribution in [1.29, 1.82) is 0 Å². The second-order valence-electron chi connectivity index (χ2n) is 4.24. The van der Waals surface area contributed by atoms with Crippen LogP contribution in [0.5, 0.6) is 17.2 Å². The van der Waals surface area contributed by atoms with Crippen LogP contribution in [0.3, 0.4) is 0 Å². The van der Waals surface area contributed by atoms with Crippen molar-refractivity contribution in [2.75, 3.05) is 14.2 Å². The number of pyridine rings is 1. The van der Waals surface area contributed by atoms with Crippen molar-refractivity contribution < 1.29 is 14.2 Å². The van der Waals surface area contributed by atoms with Gasteiger partial charge in [-0.05, 0) is 18.2 Å². The fourth-order valence-corrected chi connectivity index (χ4v) is 2.36. The number of rotatable bonds is 6. The molecule has 6 heteroatoms. The number of aromatic nitrogens is 1. The van der Waals surface area contributed by atoms with E-state index in [9.17, 15) is 0 Å². The Kier molecular flexibility index (Phi) is 5.41. The highest BCUT2D eigenvalue weighted by atomic mass is 79.9. The first kappa shape index (κ1) is 15.6. The molecule has 2 aromatic rings. The number of benzene rings is 1. The van der Waals surface area contributed by atoms with E-state index in [1.54, 1.807) is 26.5 Å². The average molecular weight is 353 g/mol. The maximum absolute atomic E-state index is 5.81. The minimum atomic E-state index is 0.273. The second kappa shape index (κ2) is 7.28. The summed E-state index contributed by atoms with van der Waals surface area (Å²) in [5.74, 6) is 1.93. The molecule has 0 aliphatic carbocycles. The summed E-state index contributed by atoms with van der Waals surface area (Å²) >= 11 is 3.41. The molecule has 2 rings (SSSR count). The zero-order valence-corrected chi connectivity index (χ0v) is 13.5. The average Bonchev–Trinajstić information content (AvgIpc) is 2.52. The van der Waals surface area contributed by atoms with Gasteiger partial charge in [-0.2, -0.15) is 0 Å². The number of ether oxygens (including phenoxy) is 3. The van der Waals surface area contributed by atoms with Gasteiger partial charge >= 0.3 is 0 Å². The molecule has 0 aliphatic heterocycles. The summed E-state index contributed by atoms with van der Waals surface area (Å²) in [7, 11) is 3.16. The van der Waals surface area contributed by atoms with Crippen LogP contribution in [0.4, 0.5) is 0 Å². The SMILES string of the molecule is COc1ccnc(COc2ccc(Br)cc2CN)c1OC. The van der Waals surface area contributed by atoms with Crippen LogP contribution in [0.25, 0.3) is 0 Å². The van der Waals surface area contributed by atoms with Crippen LogP contribution < -0.4 is 19.9 Å². The van der Waals surface area contributed by atoms with Crippen molar-refractivity contribution in [1.82, 2.24) is 4.98 Å². The van der Waals surface area contributed by atoms with Crippen LogP contribution in [0.2, 0.25) is 0 Å². The van der Waals surface area contributed by atoms with E-state index in [-0.39, 0.29) is 6.61 Å². The van der Waals surface area contributed by atoms with Crippen LogP contribution in [0.1, 0.15) is 11.3 Å². The van der Waals surface area contributed by atoms with Gasteiger partial charge in [0.15, 0.2) is 11.5 Å². The highest BCUT2D eigenvalue weighted by molar-refractivity contribution is 9.10. The maximum atomic E-state index is 5.81. The third-order valence-electron chi connectivity index (χ3n) is 2.97.